The van der Waals surface area contributed by atoms with Crippen LogP contribution in [0.15, 0.2) is 59.5 Å². The summed E-state index contributed by atoms with van der Waals surface area (Å²) in [7, 11) is -3.17. The van der Waals surface area contributed by atoms with E-state index in [1.54, 1.807) is 12.1 Å². The topological polar surface area (TPSA) is 46.2 Å². The Bertz CT molecular complexity index is 634. The molecule has 2 aromatic carbocycles. The Hall–Kier alpha value is -1.81. The summed E-state index contributed by atoms with van der Waals surface area (Å²) in [5.41, 5.74) is 2.08. The number of nitrogens with one attached hydrogen (secondary N) is 1. The molecule has 0 heterocycles. The van der Waals surface area contributed by atoms with Gasteiger partial charge in [-0.15, -0.1) is 0 Å². The normalized spacial score (nSPS) is 11.2. The molecule has 0 saturated heterocycles. The van der Waals surface area contributed by atoms with Gasteiger partial charge in [0.05, 0.1) is 10.6 Å². The second-order valence-electron chi connectivity index (χ2n) is 4.78. The molecule has 0 radical (unpaired) electrons. The Labute approximate surface area is 120 Å². The molecular weight excluding hydrogens is 270 g/mol. The number of para-hydroxylation sites is 1. The zero-order valence-corrected chi connectivity index (χ0v) is 12.4. The minimum absolute atomic E-state index is 0.163. The molecule has 0 spiro atoms. The maximum Gasteiger partial charge on any atom is 0.178 e. The van der Waals surface area contributed by atoms with Crippen LogP contribution in [-0.2, 0) is 9.84 Å². The van der Waals surface area contributed by atoms with Gasteiger partial charge in [0.25, 0.3) is 0 Å². The highest BCUT2D eigenvalue weighted by Gasteiger charge is 2.13. The minimum Gasteiger partial charge on any atom is -0.385 e. The molecule has 0 amide bonds. The Morgan fingerprint density at radius 1 is 0.950 bits per heavy atom. The maximum atomic E-state index is 12.1. The van der Waals surface area contributed by atoms with Crippen molar-refractivity contribution in [3.63, 3.8) is 0 Å². The molecule has 106 valence electrons. The van der Waals surface area contributed by atoms with Crippen molar-refractivity contribution in [3.8, 4) is 0 Å². The van der Waals surface area contributed by atoms with Gasteiger partial charge in [-0.05, 0) is 37.6 Å². The van der Waals surface area contributed by atoms with Crippen molar-refractivity contribution in [2.24, 2.45) is 0 Å². The molecule has 0 fully saturated rings. The van der Waals surface area contributed by atoms with Gasteiger partial charge in [-0.3, -0.25) is 0 Å². The maximum absolute atomic E-state index is 12.1. The molecule has 0 atom stereocenters. The molecular formula is C16H19NO2S. The quantitative estimate of drug-likeness (QED) is 0.830. The van der Waals surface area contributed by atoms with Crippen molar-refractivity contribution in [2.75, 3.05) is 17.6 Å². The standard InChI is InChI=1S/C16H19NO2S/c1-14-8-10-16(11-9-14)20(18,19)13-5-12-17-15-6-3-2-4-7-15/h2-4,6-11,17H,5,12-13H2,1H3. The van der Waals surface area contributed by atoms with Gasteiger partial charge < -0.3 is 5.32 Å². The average molecular weight is 289 g/mol. The summed E-state index contributed by atoms with van der Waals surface area (Å²) in [6.07, 6.45) is 0.588. The molecule has 1 N–H and O–H groups in total. The Morgan fingerprint density at radius 3 is 2.25 bits per heavy atom. The van der Waals surface area contributed by atoms with Crippen LogP contribution < -0.4 is 5.32 Å². The van der Waals surface area contributed by atoms with Crippen molar-refractivity contribution in [3.05, 3.63) is 60.2 Å². The Morgan fingerprint density at radius 2 is 1.60 bits per heavy atom. The third-order valence-electron chi connectivity index (χ3n) is 3.07. The number of benzene rings is 2. The first-order valence-corrected chi connectivity index (χ1v) is 8.31. The van der Waals surface area contributed by atoms with Crippen molar-refractivity contribution >= 4 is 15.5 Å². The number of sulfone groups is 1. The molecule has 20 heavy (non-hydrogen) atoms. The van der Waals surface area contributed by atoms with Crippen LogP contribution >= 0.6 is 0 Å². The SMILES string of the molecule is Cc1ccc(S(=O)(=O)CCCNc2ccccc2)cc1. The van der Waals surface area contributed by atoms with Crippen LogP contribution in [0.1, 0.15) is 12.0 Å². The lowest BCUT2D eigenvalue weighted by Crippen LogP contribution is -2.11. The van der Waals surface area contributed by atoms with Crippen LogP contribution in [0.3, 0.4) is 0 Å². The highest BCUT2D eigenvalue weighted by molar-refractivity contribution is 7.91. The zero-order chi connectivity index (χ0) is 14.4. The lowest BCUT2D eigenvalue weighted by atomic mass is 10.2. The van der Waals surface area contributed by atoms with E-state index in [0.29, 0.717) is 17.9 Å². The highest BCUT2D eigenvalue weighted by Crippen LogP contribution is 2.13. The van der Waals surface area contributed by atoms with Gasteiger partial charge in [0.15, 0.2) is 9.84 Å². The Balaban J connectivity index is 1.85. The van der Waals surface area contributed by atoms with Gasteiger partial charge in [0.1, 0.15) is 0 Å². The van der Waals surface area contributed by atoms with E-state index in [9.17, 15) is 8.42 Å². The van der Waals surface area contributed by atoms with Crippen LogP contribution in [-0.4, -0.2) is 20.7 Å². The second-order valence-corrected chi connectivity index (χ2v) is 6.89. The minimum atomic E-state index is -3.17. The second kappa shape index (κ2) is 6.57. The zero-order valence-electron chi connectivity index (χ0n) is 11.5. The van der Waals surface area contributed by atoms with Gasteiger partial charge in [0, 0.05) is 12.2 Å². The first-order chi connectivity index (χ1) is 9.58. The molecule has 0 aromatic heterocycles. The van der Waals surface area contributed by atoms with Gasteiger partial charge >= 0.3 is 0 Å². The van der Waals surface area contributed by atoms with Crippen molar-refractivity contribution < 1.29 is 8.42 Å². The lowest BCUT2D eigenvalue weighted by Gasteiger charge is -2.07. The fourth-order valence-corrected chi connectivity index (χ4v) is 3.23. The summed E-state index contributed by atoms with van der Waals surface area (Å²) < 4.78 is 24.3. The summed E-state index contributed by atoms with van der Waals surface area (Å²) in [4.78, 5) is 0.405. The van der Waals surface area contributed by atoms with E-state index in [2.05, 4.69) is 5.32 Å². The summed E-state index contributed by atoms with van der Waals surface area (Å²) in [6.45, 7) is 2.59. The molecule has 0 aliphatic heterocycles. The number of hydrogen-bond donors (Lipinski definition) is 1. The van der Waals surface area contributed by atoms with Gasteiger partial charge in [-0.1, -0.05) is 35.9 Å². The molecule has 4 heteroatoms. The third kappa shape index (κ3) is 4.10. The molecule has 2 rings (SSSR count). The van der Waals surface area contributed by atoms with Crippen LogP contribution in [0, 0.1) is 6.92 Å². The van der Waals surface area contributed by atoms with Gasteiger partial charge in [0.2, 0.25) is 0 Å². The predicted octanol–water partition coefficient (Wildman–Crippen LogP) is 3.27. The van der Waals surface area contributed by atoms with E-state index in [1.165, 1.54) is 0 Å². The third-order valence-corrected chi connectivity index (χ3v) is 4.89. The molecule has 0 bridgehead atoms. The highest BCUT2D eigenvalue weighted by atomic mass is 32.2. The van der Waals surface area contributed by atoms with Gasteiger partial charge in [-0.25, -0.2) is 8.42 Å². The van der Waals surface area contributed by atoms with Gasteiger partial charge in [-0.2, -0.15) is 0 Å². The summed E-state index contributed by atoms with van der Waals surface area (Å²) in [5.74, 6) is 0.163. The monoisotopic (exact) mass is 289 g/mol. The van der Waals surface area contributed by atoms with E-state index in [-0.39, 0.29) is 5.75 Å². The van der Waals surface area contributed by atoms with E-state index in [4.69, 9.17) is 0 Å². The van der Waals surface area contributed by atoms with Crippen molar-refractivity contribution in [1.29, 1.82) is 0 Å². The van der Waals surface area contributed by atoms with E-state index >= 15 is 0 Å². The van der Waals surface area contributed by atoms with Crippen molar-refractivity contribution in [2.45, 2.75) is 18.2 Å². The summed E-state index contributed by atoms with van der Waals surface area (Å²) in [6, 6.07) is 16.8. The fourth-order valence-electron chi connectivity index (χ4n) is 1.91. The predicted molar refractivity (Wildman–Crippen MR) is 82.8 cm³/mol. The smallest absolute Gasteiger partial charge is 0.178 e. The fraction of sp³-hybridized carbons (Fsp3) is 0.250. The Kier molecular flexibility index (Phi) is 4.79. The molecule has 0 aliphatic rings. The summed E-state index contributed by atoms with van der Waals surface area (Å²) in [5, 5.41) is 3.21. The first kappa shape index (κ1) is 14.6. The lowest BCUT2D eigenvalue weighted by molar-refractivity contribution is 0.594. The molecule has 0 saturated carbocycles. The van der Waals surface area contributed by atoms with Crippen LogP contribution in [0.5, 0.6) is 0 Å². The van der Waals surface area contributed by atoms with Crippen molar-refractivity contribution in [1.82, 2.24) is 0 Å². The number of hydrogen-bond acceptors (Lipinski definition) is 3. The molecule has 2 aromatic rings. The first-order valence-electron chi connectivity index (χ1n) is 6.66. The van der Waals surface area contributed by atoms with E-state index in [0.717, 1.165) is 11.3 Å². The largest absolute Gasteiger partial charge is 0.385 e. The van der Waals surface area contributed by atoms with Crippen LogP contribution in [0.25, 0.3) is 0 Å². The average Bonchev–Trinajstić information content (AvgIpc) is 2.45. The molecule has 0 unspecified atom stereocenters. The van der Waals surface area contributed by atoms with E-state index in [1.807, 2.05) is 49.4 Å². The number of aryl methyl sites for hydroxylation is 1. The van der Waals surface area contributed by atoms with E-state index < -0.39 is 9.84 Å². The van der Waals surface area contributed by atoms with Crippen LogP contribution in [0.4, 0.5) is 5.69 Å². The van der Waals surface area contributed by atoms with Crippen LogP contribution in [0.2, 0.25) is 0 Å². The number of anilines is 1. The number of rotatable bonds is 6. The molecule has 0 aliphatic carbocycles. The summed E-state index contributed by atoms with van der Waals surface area (Å²) >= 11 is 0. The molecule has 3 nitrogen and oxygen atoms in total.